The molecule has 1 aliphatic rings. The van der Waals surface area contributed by atoms with E-state index in [1.54, 1.807) is 0 Å². The molecular weight excluding hydrogens is 196 g/mol. The molecule has 0 bridgehead atoms. The number of nitrogens with two attached hydrogens (primary N) is 1. The van der Waals surface area contributed by atoms with Gasteiger partial charge < -0.3 is 5.73 Å². The van der Waals surface area contributed by atoms with Crippen molar-refractivity contribution in [3.63, 3.8) is 0 Å². The van der Waals surface area contributed by atoms with Gasteiger partial charge in [0, 0.05) is 25.8 Å². The Morgan fingerprint density at radius 2 is 1.73 bits per heavy atom. The Morgan fingerprint density at radius 3 is 2.27 bits per heavy atom. The molecule has 0 spiro atoms. The maximum absolute atomic E-state index is 11.2. The zero-order valence-corrected chi connectivity index (χ0v) is 8.70. The molecule has 5 heteroatoms. The van der Waals surface area contributed by atoms with Crippen LogP contribution in [0.3, 0.4) is 0 Å². The molecule has 1 fully saturated rings. The van der Waals surface area contributed by atoms with Gasteiger partial charge in [-0.2, -0.15) is 0 Å². The van der Waals surface area contributed by atoms with E-state index in [2.05, 4.69) is 0 Å². The van der Waals surface area contributed by atoms with Crippen LogP contribution >= 0.6 is 0 Å². The summed E-state index contributed by atoms with van der Waals surface area (Å²) in [7, 11) is 0. The van der Waals surface area contributed by atoms with Crippen molar-refractivity contribution in [2.45, 2.75) is 38.5 Å². The van der Waals surface area contributed by atoms with E-state index in [1.165, 1.54) is 4.90 Å². The first-order valence-electron chi connectivity index (χ1n) is 5.23. The number of hydrogen-bond acceptors (Lipinski definition) is 3. The van der Waals surface area contributed by atoms with Crippen molar-refractivity contribution in [2.75, 3.05) is 6.54 Å². The third-order valence-corrected chi connectivity index (χ3v) is 2.46. The average Bonchev–Trinajstić information content (AvgIpc) is 2.47. The smallest absolute Gasteiger partial charge is 0.229 e. The van der Waals surface area contributed by atoms with Gasteiger partial charge in [0.2, 0.25) is 17.7 Å². The molecule has 84 valence electrons. The summed E-state index contributed by atoms with van der Waals surface area (Å²) in [5.74, 6) is -0.451. The second-order valence-electron chi connectivity index (χ2n) is 3.72. The summed E-state index contributed by atoms with van der Waals surface area (Å²) in [6, 6.07) is 0. The standard InChI is InChI=1S/C10H16N2O3/c11-8(13)4-2-1-3-7-12-9(14)5-6-10(12)15/h1-7H2,(H2,11,13). The minimum absolute atomic E-state index is 0.0742. The average molecular weight is 212 g/mol. The van der Waals surface area contributed by atoms with Gasteiger partial charge in [-0.05, 0) is 12.8 Å². The summed E-state index contributed by atoms with van der Waals surface area (Å²) in [5.41, 5.74) is 4.98. The van der Waals surface area contributed by atoms with Gasteiger partial charge in [-0.3, -0.25) is 19.3 Å². The summed E-state index contributed by atoms with van der Waals surface area (Å²) in [6.45, 7) is 0.483. The minimum Gasteiger partial charge on any atom is -0.370 e. The van der Waals surface area contributed by atoms with Gasteiger partial charge in [-0.15, -0.1) is 0 Å². The number of amides is 3. The molecule has 0 atom stereocenters. The van der Waals surface area contributed by atoms with Crippen molar-refractivity contribution in [1.82, 2.24) is 4.90 Å². The van der Waals surface area contributed by atoms with E-state index in [-0.39, 0.29) is 17.7 Å². The van der Waals surface area contributed by atoms with E-state index in [0.29, 0.717) is 25.8 Å². The molecule has 0 radical (unpaired) electrons. The number of imide groups is 1. The van der Waals surface area contributed by atoms with Crippen molar-refractivity contribution < 1.29 is 14.4 Å². The zero-order chi connectivity index (χ0) is 11.3. The molecule has 15 heavy (non-hydrogen) atoms. The molecule has 1 saturated heterocycles. The van der Waals surface area contributed by atoms with Gasteiger partial charge in [0.05, 0.1) is 0 Å². The lowest BCUT2D eigenvalue weighted by atomic mass is 10.2. The van der Waals surface area contributed by atoms with Crippen LogP contribution in [0, 0.1) is 0 Å². The van der Waals surface area contributed by atoms with Crippen molar-refractivity contribution in [3.05, 3.63) is 0 Å². The molecule has 0 unspecified atom stereocenters. The molecule has 0 aromatic carbocycles. The Labute approximate surface area is 88.6 Å². The number of nitrogens with zero attached hydrogens (tertiary/aromatic N) is 1. The highest BCUT2D eigenvalue weighted by Crippen LogP contribution is 2.13. The number of unbranched alkanes of at least 4 members (excludes halogenated alkanes) is 2. The fraction of sp³-hybridized carbons (Fsp3) is 0.700. The van der Waals surface area contributed by atoms with Gasteiger partial charge in [0.25, 0.3) is 0 Å². The van der Waals surface area contributed by atoms with Crippen molar-refractivity contribution in [1.29, 1.82) is 0 Å². The number of rotatable bonds is 6. The Balaban J connectivity index is 2.12. The van der Waals surface area contributed by atoms with Gasteiger partial charge in [-0.1, -0.05) is 6.42 Å². The summed E-state index contributed by atoms with van der Waals surface area (Å²) in [4.78, 5) is 34.1. The van der Waals surface area contributed by atoms with Gasteiger partial charge in [-0.25, -0.2) is 0 Å². The van der Waals surface area contributed by atoms with E-state index in [4.69, 9.17) is 5.73 Å². The monoisotopic (exact) mass is 212 g/mol. The van der Waals surface area contributed by atoms with Crippen molar-refractivity contribution >= 4 is 17.7 Å². The van der Waals surface area contributed by atoms with E-state index in [1.807, 2.05) is 0 Å². The molecule has 2 N–H and O–H groups in total. The predicted octanol–water partition coefficient (Wildman–Crippen LogP) is 0.181. The zero-order valence-electron chi connectivity index (χ0n) is 8.70. The van der Waals surface area contributed by atoms with E-state index in [0.717, 1.165) is 19.3 Å². The number of hydrogen-bond donors (Lipinski definition) is 1. The fourth-order valence-corrected chi connectivity index (χ4v) is 1.62. The fourth-order valence-electron chi connectivity index (χ4n) is 1.62. The van der Waals surface area contributed by atoms with Crippen LogP contribution in [0.25, 0.3) is 0 Å². The number of primary amides is 1. The second-order valence-corrected chi connectivity index (χ2v) is 3.72. The van der Waals surface area contributed by atoms with Crippen LogP contribution in [0.1, 0.15) is 38.5 Å². The van der Waals surface area contributed by atoms with Gasteiger partial charge >= 0.3 is 0 Å². The maximum atomic E-state index is 11.2. The first-order valence-corrected chi connectivity index (χ1v) is 5.23. The molecular formula is C10H16N2O3. The lowest BCUT2D eigenvalue weighted by Crippen LogP contribution is -2.29. The minimum atomic E-state index is -0.302. The van der Waals surface area contributed by atoms with Crippen LogP contribution in [0.4, 0.5) is 0 Å². The quantitative estimate of drug-likeness (QED) is 0.503. The highest BCUT2D eigenvalue weighted by atomic mass is 16.2. The van der Waals surface area contributed by atoms with Crippen molar-refractivity contribution in [2.24, 2.45) is 5.73 Å². The first kappa shape index (κ1) is 11.7. The first-order chi connectivity index (χ1) is 7.11. The normalized spacial score (nSPS) is 16.1. The second kappa shape index (κ2) is 5.48. The Morgan fingerprint density at radius 1 is 1.13 bits per heavy atom. The number of carbonyl (C=O) groups is 3. The van der Waals surface area contributed by atoms with Crippen molar-refractivity contribution in [3.8, 4) is 0 Å². The van der Waals surface area contributed by atoms with Crippen LogP contribution < -0.4 is 5.73 Å². The predicted molar refractivity (Wildman–Crippen MR) is 53.6 cm³/mol. The lowest BCUT2D eigenvalue weighted by Gasteiger charge is -2.12. The molecule has 0 aromatic rings. The highest BCUT2D eigenvalue weighted by Gasteiger charge is 2.27. The summed E-state index contributed by atoms with van der Waals surface area (Å²) >= 11 is 0. The number of likely N-dealkylation sites (tertiary alicyclic amines) is 1. The van der Waals surface area contributed by atoms with Gasteiger partial charge in [0.15, 0.2) is 0 Å². The summed E-state index contributed by atoms with van der Waals surface area (Å²) < 4.78 is 0. The SMILES string of the molecule is NC(=O)CCCCCN1C(=O)CCC1=O. The van der Waals surface area contributed by atoms with Gasteiger partial charge in [0.1, 0.15) is 0 Å². The molecule has 1 rings (SSSR count). The number of carbonyl (C=O) groups excluding carboxylic acids is 3. The molecule has 0 aromatic heterocycles. The van der Waals surface area contributed by atoms with Crippen LogP contribution in [0.2, 0.25) is 0 Å². The summed E-state index contributed by atoms with van der Waals surface area (Å²) in [5, 5.41) is 0. The van der Waals surface area contributed by atoms with Crippen LogP contribution in [-0.4, -0.2) is 29.2 Å². The third-order valence-electron chi connectivity index (χ3n) is 2.46. The largest absolute Gasteiger partial charge is 0.370 e. The highest BCUT2D eigenvalue weighted by molar-refractivity contribution is 6.01. The van der Waals surface area contributed by atoms with E-state index in [9.17, 15) is 14.4 Å². The van der Waals surface area contributed by atoms with Crippen LogP contribution in [0.5, 0.6) is 0 Å². The van der Waals surface area contributed by atoms with E-state index < -0.39 is 0 Å². The molecule has 1 aliphatic heterocycles. The molecule has 3 amide bonds. The third kappa shape index (κ3) is 3.69. The van der Waals surface area contributed by atoms with Crippen LogP contribution in [0.15, 0.2) is 0 Å². The molecule has 0 aliphatic carbocycles. The topological polar surface area (TPSA) is 80.5 Å². The molecule has 0 saturated carbocycles. The van der Waals surface area contributed by atoms with Crippen LogP contribution in [-0.2, 0) is 14.4 Å². The Hall–Kier alpha value is -1.39. The summed E-state index contributed by atoms with van der Waals surface area (Å²) in [6.07, 6.45) is 3.37. The molecule has 1 heterocycles. The maximum Gasteiger partial charge on any atom is 0.229 e. The van der Waals surface area contributed by atoms with E-state index >= 15 is 0 Å². The Bertz CT molecular complexity index is 260. The molecule has 5 nitrogen and oxygen atoms in total. The lowest BCUT2D eigenvalue weighted by molar-refractivity contribution is -0.138. The Kier molecular flexibility index (Phi) is 4.27.